The third kappa shape index (κ3) is 5.13. The fourth-order valence-electron chi connectivity index (χ4n) is 4.49. The van der Waals surface area contributed by atoms with Crippen LogP contribution in [0.5, 0.6) is 0 Å². The molecule has 0 saturated heterocycles. The molecule has 5 rings (SSSR count). The first kappa shape index (κ1) is 24.0. The molecule has 0 bridgehead atoms. The summed E-state index contributed by atoms with van der Waals surface area (Å²) in [4.78, 5) is 8.99. The number of thiazole rings is 1. The van der Waals surface area contributed by atoms with Gasteiger partial charge < -0.3 is 20.1 Å². The van der Waals surface area contributed by atoms with Crippen molar-refractivity contribution in [3.8, 4) is 0 Å². The molecule has 1 fully saturated rings. The molecule has 2 aromatic heterocycles. The summed E-state index contributed by atoms with van der Waals surface area (Å²) in [5, 5.41) is 27.0. The maximum absolute atomic E-state index is 13.0. The van der Waals surface area contributed by atoms with E-state index in [1.165, 1.54) is 6.07 Å². The maximum Gasteiger partial charge on any atom is 0.416 e. The van der Waals surface area contributed by atoms with Gasteiger partial charge in [-0.3, -0.25) is 5.32 Å². The minimum Gasteiger partial charge on any atom is -0.393 e. The minimum atomic E-state index is -4.40. The smallest absolute Gasteiger partial charge is 0.393 e. The number of rotatable bonds is 6. The Morgan fingerprint density at radius 3 is 2.60 bits per heavy atom. The fraction of sp³-hybridized carbons (Fsp3) is 0.417. The van der Waals surface area contributed by atoms with Crippen molar-refractivity contribution in [1.29, 1.82) is 0 Å². The molecule has 11 heteroatoms. The van der Waals surface area contributed by atoms with E-state index in [9.17, 15) is 23.4 Å². The Hall–Kier alpha value is -2.73. The van der Waals surface area contributed by atoms with Crippen LogP contribution in [0.15, 0.2) is 36.4 Å². The Kier molecular flexibility index (Phi) is 6.43. The number of hydrogen-bond donors (Lipinski definition) is 4. The number of nitrogens with one attached hydrogen (secondary N) is 2. The molecule has 2 aromatic carbocycles. The number of anilines is 2. The van der Waals surface area contributed by atoms with Gasteiger partial charge in [0.2, 0.25) is 5.95 Å². The van der Waals surface area contributed by atoms with Crippen molar-refractivity contribution in [3.05, 3.63) is 47.5 Å². The summed E-state index contributed by atoms with van der Waals surface area (Å²) in [6.07, 6.45) is -1.95. The lowest BCUT2D eigenvalue weighted by atomic mass is 9.87. The van der Waals surface area contributed by atoms with E-state index in [-0.39, 0.29) is 6.10 Å². The van der Waals surface area contributed by atoms with E-state index in [1.807, 2.05) is 29.8 Å². The third-order valence-corrected chi connectivity index (χ3v) is 7.50. The Balaban J connectivity index is 1.31. The quantitative estimate of drug-likeness (QED) is 0.273. The Bertz CT molecular complexity index is 1340. The van der Waals surface area contributed by atoms with Gasteiger partial charge in [0.1, 0.15) is 6.23 Å². The molecular weight excluding hydrogens is 479 g/mol. The van der Waals surface area contributed by atoms with Crippen molar-refractivity contribution in [2.75, 3.05) is 11.9 Å². The SMILES string of the molecule is Cn1c(Nc2nc3ccc(C(F)(F)F)cc3s2)nc2cc(C(O)NCC3CCC(O)CC3)ccc21. The summed E-state index contributed by atoms with van der Waals surface area (Å²) in [5.41, 5.74) is 1.98. The van der Waals surface area contributed by atoms with Gasteiger partial charge in [0.25, 0.3) is 0 Å². The lowest BCUT2D eigenvalue weighted by molar-refractivity contribution is -0.137. The van der Waals surface area contributed by atoms with Gasteiger partial charge in [-0.2, -0.15) is 13.2 Å². The highest BCUT2D eigenvalue weighted by Gasteiger charge is 2.30. The summed E-state index contributed by atoms with van der Waals surface area (Å²) in [6, 6.07) is 9.02. The van der Waals surface area contributed by atoms with Gasteiger partial charge in [-0.05, 0) is 67.5 Å². The van der Waals surface area contributed by atoms with Crippen LogP contribution in [0.4, 0.5) is 24.3 Å². The van der Waals surface area contributed by atoms with Crippen molar-refractivity contribution < 1.29 is 23.4 Å². The number of halogens is 3. The normalized spacial score (nSPS) is 19.9. The summed E-state index contributed by atoms with van der Waals surface area (Å²) in [6.45, 7) is 0.675. The van der Waals surface area contributed by atoms with Crippen LogP contribution in [0.2, 0.25) is 0 Å². The zero-order valence-electron chi connectivity index (χ0n) is 19.0. The summed E-state index contributed by atoms with van der Waals surface area (Å²) >= 11 is 1.13. The van der Waals surface area contributed by atoms with E-state index < -0.39 is 18.0 Å². The molecule has 1 saturated carbocycles. The van der Waals surface area contributed by atoms with E-state index in [0.717, 1.165) is 54.7 Å². The minimum absolute atomic E-state index is 0.203. The standard InChI is InChI=1S/C24H26F3N5O2S/c1-32-19-9-4-14(21(34)28-12-13-2-6-16(33)7-3-13)10-18(19)29-22(32)31-23-30-17-8-5-15(24(25,26)27)11-20(17)35-23/h4-5,8-11,13,16,21,28,33-34H,2-3,6-7,12H2,1H3,(H,29,30,31). The molecule has 7 nitrogen and oxygen atoms in total. The van der Waals surface area contributed by atoms with Crippen LogP contribution in [0, 0.1) is 5.92 Å². The number of fused-ring (bicyclic) bond motifs is 2. The summed E-state index contributed by atoms with van der Waals surface area (Å²) in [5.74, 6) is 0.930. The average molecular weight is 506 g/mol. The lowest BCUT2D eigenvalue weighted by Gasteiger charge is -2.26. The highest BCUT2D eigenvalue weighted by atomic mass is 32.1. The first-order valence-corrected chi connectivity index (χ1v) is 12.3. The van der Waals surface area contributed by atoms with E-state index in [0.29, 0.717) is 44.8 Å². The topological polar surface area (TPSA) is 95.2 Å². The third-order valence-electron chi connectivity index (χ3n) is 6.57. The van der Waals surface area contributed by atoms with E-state index in [2.05, 4.69) is 20.6 Å². The number of hydrogen-bond acceptors (Lipinski definition) is 7. The number of nitrogens with zero attached hydrogens (tertiary/aromatic N) is 3. The molecule has 35 heavy (non-hydrogen) atoms. The van der Waals surface area contributed by atoms with Crippen molar-refractivity contribution in [3.63, 3.8) is 0 Å². The zero-order chi connectivity index (χ0) is 24.7. The first-order chi connectivity index (χ1) is 16.7. The monoisotopic (exact) mass is 505 g/mol. The molecule has 0 spiro atoms. The molecule has 186 valence electrons. The predicted octanol–water partition coefficient (Wildman–Crippen LogP) is 5.08. The number of aliphatic hydroxyl groups is 2. The molecule has 1 atom stereocenters. The largest absolute Gasteiger partial charge is 0.416 e. The first-order valence-electron chi connectivity index (χ1n) is 11.5. The Morgan fingerprint density at radius 2 is 1.86 bits per heavy atom. The van der Waals surface area contributed by atoms with E-state index in [1.54, 1.807) is 0 Å². The summed E-state index contributed by atoms with van der Waals surface area (Å²) < 4.78 is 41.3. The fourth-order valence-corrected chi connectivity index (χ4v) is 5.39. The molecule has 2 heterocycles. The second-order valence-electron chi connectivity index (χ2n) is 9.05. The van der Waals surface area contributed by atoms with Crippen LogP contribution in [0.25, 0.3) is 21.3 Å². The molecule has 1 aliphatic carbocycles. The van der Waals surface area contributed by atoms with Gasteiger partial charge in [0, 0.05) is 13.6 Å². The molecule has 0 radical (unpaired) electrons. The van der Waals surface area contributed by atoms with Gasteiger partial charge >= 0.3 is 6.18 Å². The van der Waals surface area contributed by atoms with Gasteiger partial charge in [-0.15, -0.1) is 0 Å². The zero-order valence-corrected chi connectivity index (χ0v) is 19.8. The number of imidazole rings is 1. The predicted molar refractivity (Wildman–Crippen MR) is 130 cm³/mol. The van der Waals surface area contributed by atoms with Crippen molar-refractivity contribution in [1.82, 2.24) is 19.9 Å². The number of alkyl halides is 3. The van der Waals surface area contributed by atoms with Crippen LogP contribution >= 0.6 is 11.3 Å². The number of benzene rings is 2. The van der Waals surface area contributed by atoms with E-state index in [4.69, 9.17) is 0 Å². The van der Waals surface area contributed by atoms with Crippen molar-refractivity contribution >= 4 is 43.7 Å². The molecule has 4 aromatic rings. The van der Waals surface area contributed by atoms with Crippen LogP contribution < -0.4 is 10.6 Å². The van der Waals surface area contributed by atoms with Gasteiger partial charge in [-0.25, -0.2) is 9.97 Å². The van der Waals surface area contributed by atoms with Crippen molar-refractivity contribution in [2.24, 2.45) is 13.0 Å². The van der Waals surface area contributed by atoms with Crippen LogP contribution in [-0.2, 0) is 13.2 Å². The number of aryl methyl sites for hydroxylation is 1. The second-order valence-corrected chi connectivity index (χ2v) is 10.1. The molecule has 1 aliphatic rings. The number of aliphatic hydroxyl groups excluding tert-OH is 2. The Labute approximate surface area is 203 Å². The van der Waals surface area contributed by atoms with Gasteiger partial charge in [-0.1, -0.05) is 17.4 Å². The lowest BCUT2D eigenvalue weighted by Crippen LogP contribution is -2.30. The van der Waals surface area contributed by atoms with E-state index >= 15 is 0 Å². The average Bonchev–Trinajstić information content (AvgIpc) is 3.37. The summed E-state index contributed by atoms with van der Waals surface area (Å²) in [7, 11) is 1.83. The van der Waals surface area contributed by atoms with Crippen molar-refractivity contribution in [2.45, 2.75) is 44.2 Å². The van der Waals surface area contributed by atoms with Crippen LogP contribution in [-0.4, -0.2) is 37.4 Å². The molecule has 4 N–H and O–H groups in total. The van der Waals surface area contributed by atoms with Crippen LogP contribution in [0.3, 0.4) is 0 Å². The maximum atomic E-state index is 13.0. The molecule has 0 amide bonds. The number of aromatic nitrogens is 3. The second kappa shape index (κ2) is 9.38. The van der Waals surface area contributed by atoms with Crippen LogP contribution in [0.1, 0.15) is 43.0 Å². The highest BCUT2D eigenvalue weighted by Crippen LogP contribution is 2.35. The molecular formula is C24H26F3N5O2S. The Morgan fingerprint density at radius 1 is 1.09 bits per heavy atom. The molecule has 1 unspecified atom stereocenters. The molecule has 0 aliphatic heterocycles. The van der Waals surface area contributed by atoms with Gasteiger partial charge in [0.05, 0.1) is 32.9 Å². The van der Waals surface area contributed by atoms with Gasteiger partial charge in [0.15, 0.2) is 5.13 Å². The highest BCUT2D eigenvalue weighted by molar-refractivity contribution is 7.22.